The fourth-order valence-electron chi connectivity index (χ4n) is 1.85. The quantitative estimate of drug-likeness (QED) is 0.443. The summed E-state index contributed by atoms with van der Waals surface area (Å²) in [7, 11) is 0. The Morgan fingerprint density at radius 1 is 1.48 bits per heavy atom. The first-order valence-corrected chi connectivity index (χ1v) is 7.77. The Hall–Kier alpha value is -1.80. The molecular weight excluding hydrogens is 360 g/mol. The fraction of sp³-hybridized carbons (Fsp3) is 0.231. The molecule has 0 N–H and O–H groups in total. The van der Waals surface area contributed by atoms with Gasteiger partial charge in [-0.3, -0.25) is 19.7 Å². The number of hydrogen-bond acceptors (Lipinski definition) is 5. The van der Waals surface area contributed by atoms with Gasteiger partial charge in [-0.1, -0.05) is 6.07 Å². The number of pyridine rings is 1. The molecule has 0 bridgehead atoms. The molecule has 0 spiro atoms. The fourth-order valence-corrected chi connectivity index (χ4v) is 3.01. The second kappa shape index (κ2) is 6.77. The number of Topliss-reactive ketones (excluding diaryl/α,β-unsaturated/α-hetero) is 1. The summed E-state index contributed by atoms with van der Waals surface area (Å²) >= 11 is 4.51. The highest BCUT2D eigenvalue weighted by atomic mass is 79.9. The smallest absolute Gasteiger partial charge is 0.308 e. The van der Waals surface area contributed by atoms with Gasteiger partial charge in [0.05, 0.1) is 9.80 Å². The van der Waals surface area contributed by atoms with Crippen LogP contribution in [0.25, 0.3) is 0 Å². The number of rotatable bonds is 6. The Bertz CT molecular complexity index is 724. The number of aromatic nitrogens is 1. The summed E-state index contributed by atoms with van der Waals surface area (Å²) in [5, 5.41) is 12.6. The molecule has 0 radical (unpaired) electrons. The van der Waals surface area contributed by atoms with Gasteiger partial charge < -0.3 is 4.57 Å². The van der Waals surface area contributed by atoms with E-state index < -0.39 is 16.2 Å². The first-order chi connectivity index (χ1) is 9.99. The molecular formula is C13H11BrN2O4S. The number of nitro groups is 1. The maximum absolute atomic E-state index is 11.9. The van der Waals surface area contributed by atoms with Gasteiger partial charge in [-0.05, 0) is 33.8 Å². The van der Waals surface area contributed by atoms with Gasteiger partial charge in [-0.15, -0.1) is 11.3 Å². The predicted octanol–water partition coefficient (Wildman–Crippen LogP) is 3.24. The lowest BCUT2D eigenvalue weighted by Gasteiger charge is -2.05. The van der Waals surface area contributed by atoms with Gasteiger partial charge in [0, 0.05) is 29.7 Å². The number of carbonyl (C=O) groups excluding carboxylic acids is 1. The number of nitrogens with zero attached hydrogens (tertiary/aromatic N) is 2. The molecule has 0 fully saturated rings. The SMILES string of the molecule is O=C(CCCn1cc(Br)cc([N+](=O)[O-])c1=O)c1cccs1. The van der Waals surface area contributed by atoms with Crippen LogP contribution in [0.1, 0.15) is 22.5 Å². The zero-order valence-corrected chi connectivity index (χ0v) is 13.2. The number of ketones is 1. The first-order valence-electron chi connectivity index (χ1n) is 6.10. The van der Waals surface area contributed by atoms with Crippen LogP contribution in [0.3, 0.4) is 0 Å². The molecule has 0 atom stereocenters. The van der Waals surface area contributed by atoms with Crippen LogP contribution >= 0.6 is 27.3 Å². The molecule has 0 unspecified atom stereocenters. The van der Waals surface area contributed by atoms with E-state index in [0.29, 0.717) is 22.2 Å². The molecule has 2 aromatic heterocycles. The van der Waals surface area contributed by atoms with Crippen molar-refractivity contribution in [3.05, 3.63) is 59.6 Å². The lowest BCUT2D eigenvalue weighted by atomic mass is 10.2. The van der Waals surface area contributed by atoms with Crippen LogP contribution in [0.4, 0.5) is 5.69 Å². The minimum absolute atomic E-state index is 0.0162. The van der Waals surface area contributed by atoms with E-state index in [1.165, 1.54) is 28.2 Å². The summed E-state index contributed by atoms with van der Waals surface area (Å²) in [5.74, 6) is 0.0162. The standard InChI is InChI=1S/C13H11BrN2O4S/c14-9-7-10(16(19)20)13(18)15(8-9)5-1-3-11(17)12-4-2-6-21-12/h2,4,6-8H,1,3,5H2. The van der Waals surface area contributed by atoms with Gasteiger partial charge in [-0.25, -0.2) is 0 Å². The van der Waals surface area contributed by atoms with Crippen molar-refractivity contribution >= 4 is 38.7 Å². The molecule has 0 aliphatic heterocycles. The van der Waals surface area contributed by atoms with Crippen LogP contribution in [-0.4, -0.2) is 15.3 Å². The van der Waals surface area contributed by atoms with E-state index in [1.54, 1.807) is 12.1 Å². The summed E-state index contributed by atoms with van der Waals surface area (Å²) in [6.07, 6.45) is 2.24. The van der Waals surface area contributed by atoms with Crippen molar-refractivity contribution in [3.63, 3.8) is 0 Å². The molecule has 8 heteroatoms. The van der Waals surface area contributed by atoms with E-state index in [9.17, 15) is 19.7 Å². The van der Waals surface area contributed by atoms with E-state index in [0.717, 1.165) is 0 Å². The average molecular weight is 371 g/mol. The number of thiophene rings is 1. The molecule has 6 nitrogen and oxygen atoms in total. The molecule has 2 aromatic rings. The van der Waals surface area contributed by atoms with Crippen LogP contribution in [0.15, 0.2) is 39.0 Å². The van der Waals surface area contributed by atoms with E-state index >= 15 is 0 Å². The second-order valence-corrected chi connectivity index (χ2v) is 6.17. The highest BCUT2D eigenvalue weighted by molar-refractivity contribution is 9.10. The van der Waals surface area contributed by atoms with Crippen LogP contribution in [0.2, 0.25) is 0 Å². The maximum atomic E-state index is 11.9. The summed E-state index contributed by atoms with van der Waals surface area (Å²) < 4.78 is 1.71. The lowest BCUT2D eigenvalue weighted by Crippen LogP contribution is -2.22. The Morgan fingerprint density at radius 2 is 2.24 bits per heavy atom. The van der Waals surface area contributed by atoms with Crippen molar-refractivity contribution in [3.8, 4) is 0 Å². The van der Waals surface area contributed by atoms with Crippen molar-refractivity contribution < 1.29 is 9.72 Å². The normalized spacial score (nSPS) is 10.5. The molecule has 0 saturated heterocycles. The zero-order chi connectivity index (χ0) is 15.4. The minimum atomic E-state index is -0.708. The molecule has 110 valence electrons. The third-order valence-corrected chi connectivity index (χ3v) is 4.17. The van der Waals surface area contributed by atoms with E-state index in [2.05, 4.69) is 15.9 Å². The van der Waals surface area contributed by atoms with Crippen LogP contribution in [0, 0.1) is 10.1 Å². The van der Waals surface area contributed by atoms with E-state index in [1.807, 2.05) is 5.38 Å². The summed E-state index contributed by atoms with van der Waals surface area (Å²) in [5.41, 5.74) is -1.14. The number of aryl methyl sites for hydroxylation is 1. The van der Waals surface area contributed by atoms with Crippen molar-refractivity contribution in [2.75, 3.05) is 0 Å². The van der Waals surface area contributed by atoms with Gasteiger partial charge in [0.1, 0.15) is 0 Å². The molecule has 0 aliphatic rings. The maximum Gasteiger partial charge on any atom is 0.335 e. The third-order valence-electron chi connectivity index (χ3n) is 2.83. The number of carbonyl (C=O) groups is 1. The topological polar surface area (TPSA) is 82.2 Å². The van der Waals surface area contributed by atoms with Crippen molar-refractivity contribution in [2.24, 2.45) is 0 Å². The summed E-state index contributed by atoms with van der Waals surface area (Å²) in [6, 6.07) is 4.73. The monoisotopic (exact) mass is 370 g/mol. The molecule has 2 rings (SSSR count). The minimum Gasteiger partial charge on any atom is -0.308 e. The number of hydrogen-bond donors (Lipinski definition) is 0. The largest absolute Gasteiger partial charge is 0.335 e. The summed E-state index contributed by atoms with van der Waals surface area (Å²) in [6.45, 7) is 0.260. The van der Waals surface area contributed by atoms with E-state index in [4.69, 9.17) is 0 Å². The predicted molar refractivity (Wildman–Crippen MR) is 82.9 cm³/mol. The zero-order valence-electron chi connectivity index (χ0n) is 10.8. The Balaban J connectivity index is 2.05. The van der Waals surface area contributed by atoms with Gasteiger partial charge in [0.15, 0.2) is 5.78 Å². The molecule has 0 amide bonds. The molecule has 0 aliphatic carbocycles. The molecule has 2 heterocycles. The van der Waals surface area contributed by atoms with Gasteiger partial charge >= 0.3 is 11.2 Å². The number of halogens is 1. The molecule has 0 saturated carbocycles. The van der Waals surface area contributed by atoms with Crippen molar-refractivity contribution in [1.82, 2.24) is 4.57 Å². The van der Waals surface area contributed by atoms with Crippen LogP contribution < -0.4 is 5.56 Å². The Labute approximate surface area is 132 Å². The van der Waals surface area contributed by atoms with Gasteiger partial charge in [0.25, 0.3) is 0 Å². The third kappa shape index (κ3) is 3.85. The highest BCUT2D eigenvalue weighted by Crippen LogP contribution is 2.15. The Morgan fingerprint density at radius 3 is 2.86 bits per heavy atom. The molecule has 21 heavy (non-hydrogen) atoms. The second-order valence-electron chi connectivity index (χ2n) is 4.30. The molecule has 0 aromatic carbocycles. The van der Waals surface area contributed by atoms with Crippen molar-refractivity contribution in [1.29, 1.82) is 0 Å². The Kier molecular flexibility index (Phi) is 5.03. The highest BCUT2D eigenvalue weighted by Gasteiger charge is 2.16. The lowest BCUT2D eigenvalue weighted by molar-refractivity contribution is -0.386. The van der Waals surface area contributed by atoms with Crippen molar-refractivity contribution in [2.45, 2.75) is 19.4 Å². The van der Waals surface area contributed by atoms with Gasteiger partial charge in [0.2, 0.25) is 0 Å². The summed E-state index contributed by atoms with van der Waals surface area (Å²) in [4.78, 5) is 34.5. The van der Waals surface area contributed by atoms with Crippen LogP contribution in [0.5, 0.6) is 0 Å². The van der Waals surface area contributed by atoms with Gasteiger partial charge in [-0.2, -0.15) is 0 Å². The van der Waals surface area contributed by atoms with E-state index in [-0.39, 0.29) is 12.3 Å². The average Bonchev–Trinajstić information content (AvgIpc) is 2.95. The first kappa shape index (κ1) is 15.6. The van der Waals surface area contributed by atoms with Crippen LogP contribution in [-0.2, 0) is 6.54 Å².